The van der Waals surface area contributed by atoms with E-state index in [9.17, 15) is 0 Å². The predicted octanol–water partition coefficient (Wildman–Crippen LogP) is 6.31. The van der Waals surface area contributed by atoms with Gasteiger partial charge in [-0.25, -0.2) is 0 Å². The fraction of sp³-hybridized carbons (Fsp3) is 0.700. The van der Waals surface area contributed by atoms with Gasteiger partial charge in [0.25, 0.3) is 0 Å². The van der Waals surface area contributed by atoms with Crippen LogP contribution >= 0.6 is 0 Å². The molecule has 2 aliphatic rings. The van der Waals surface area contributed by atoms with Crippen molar-refractivity contribution < 1.29 is 0 Å². The van der Waals surface area contributed by atoms with Gasteiger partial charge in [-0.05, 0) is 49.4 Å². The van der Waals surface area contributed by atoms with Crippen LogP contribution in [0.1, 0.15) is 64.7 Å². The number of fused-ring (bicyclic) bond motifs is 1. The van der Waals surface area contributed by atoms with Gasteiger partial charge in [0, 0.05) is 0 Å². The Balaban J connectivity index is 1.64. The Hall–Kier alpha value is -0.780. The van der Waals surface area contributed by atoms with Crippen molar-refractivity contribution in [3.05, 3.63) is 37.0 Å². The Kier molecular flexibility index (Phi) is 6.63. The van der Waals surface area contributed by atoms with Crippen LogP contribution in [0.25, 0.3) is 0 Å². The zero-order valence-corrected chi connectivity index (χ0v) is 13.3. The highest BCUT2D eigenvalue weighted by Gasteiger charge is 2.40. The minimum absolute atomic E-state index is 0.749. The second kappa shape index (κ2) is 8.49. The van der Waals surface area contributed by atoms with E-state index in [2.05, 4.69) is 43.9 Å². The SMILES string of the molecule is C=CC1CC(C=CCCCCCCCC)C2C=CCC12. The van der Waals surface area contributed by atoms with Crippen molar-refractivity contribution in [2.75, 3.05) is 0 Å². The van der Waals surface area contributed by atoms with E-state index in [0.29, 0.717) is 0 Å². The summed E-state index contributed by atoms with van der Waals surface area (Å²) in [7, 11) is 0. The van der Waals surface area contributed by atoms with Crippen LogP contribution in [-0.2, 0) is 0 Å². The van der Waals surface area contributed by atoms with Crippen molar-refractivity contribution in [3.63, 3.8) is 0 Å². The second-order valence-electron chi connectivity index (χ2n) is 6.69. The van der Waals surface area contributed by atoms with Crippen molar-refractivity contribution >= 4 is 0 Å². The Morgan fingerprint density at radius 3 is 2.70 bits per heavy atom. The molecule has 2 rings (SSSR count). The van der Waals surface area contributed by atoms with Gasteiger partial charge in [-0.15, -0.1) is 6.58 Å². The van der Waals surface area contributed by atoms with E-state index in [-0.39, 0.29) is 0 Å². The molecule has 0 aromatic carbocycles. The van der Waals surface area contributed by atoms with Crippen LogP contribution in [-0.4, -0.2) is 0 Å². The van der Waals surface area contributed by atoms with Gasteiger partial charge in [-0.1, -0.05) is 69.4 Å². The first-order valence-electron chi connectivity index (χ1n) is 8.82. The zero-order valence-electron chi connectivity index (χ0n) is 13.3. The molecule has 0 amide bonds. The summed E-state index contributed by atoms with van der Waals surface area (Å²) in [5.74, 6) is 3.19. The van der Waals surface area contributed by atoms with Gasteiger partial charge in [-0.2, -0.15) is 0 Å². The van der Waals surface area contributed by atoms with E-state index < -0.39 is 0 Å². The molecule has 20 heavy (non-hydrogen) atoms. The van der Waals surface area contributed by atoms with E-state index in [4.69, 9.17) is 0 Å². The smallest absolute Gasteiger partial charge is 0.0133 e. The molecule has 0 spiro atoms. The first-order chi connectivity index (χ1) is 9.86. The number of unbranched alkanes of at least 4 members (excludes halogenated alkanes) is 6. The topological polar surface area (TPSA) is 0 Å². The van der Waals surface area contributed by atoms with E-state index in [1.54, 1.807) is 0 Å². The van der Waals surface area contributed by atoms with E-state index in [1.807, 2.05) is 0 Å². The average Bonchev–Trinajstić information content (AvgIpc) is 3.04. The Bertz CT molecular complexity index is 336. The molecule has 0 heteroatoms. The molecule has 2 aliphatic carbocycles. The number of allylic oxidation sites excluding steroid dienone is 5. The van der Waals surface area contributed by atoms with Gasteiger partial charge in [-0.3, -0.25) is 0 Å². The Labute approximate surface area is 126 Å². The van der Waals surface area contributed by atoms with Crippen LogP contribution in [0.3, 0.4) is 0 Å². The summed E-state index contributed by atoms with van der Waals surface area (Å²) in [5, 5.41) is 0. The summed E-state index contributed by atoms with van der Waals surface area (Å²) < 4.78 is 0. The zero-order chi connectivity index (χ0) is 14.2. The number of hydrogen-bond acceptors (Lipinski definition) is 0. The van der Waals surface area contributed by atoms with Crippen LogP contribution in [0.2, 0.25) is 0 Å². The minimum Gasteiger partial charge on any atom is -0.103 e. The predicted molar refractivity (Wildman–Crippen MR) is 89.7 cm³/mol. The molecule has 0 N–H and O–H groups in total. The third kappa shape index (κ3) is 4.11. The molecule has 0 nitrogen and oxygen atoms in total. The highest BCUT2D eigenvalue weighted by atomic mass is 14.4. The molecule has 112 valence electrons. The van der Waals surface area contributed by atoms with Gasteiger partial charge >= 0.3 is 0 Å². The molecule has 1 fully saturated rings. The van der Waals surface area contributed by atoms with E-state index in [0.717, 1.165) is 23.7 Å². The van der Waals surface area contributed by atoms with Crippen molar-refractivity contribution in [2.24, 2.45) is 23.7 Å². The molecule has 0 heterocycles. The lowest BCUT2D eigenvalue weighted by Gasteiger charge is -2.15. The number of hydrogen-bond donors (Lipinski definition) is 0. The first kappa shape index (κ1) is 15.6. The maximum atomic E-state index is 4.03. The van der Waals surface area contributed by atoms with Crippen molar-refractivity contribution in [1.82, 2.24) is 0 Å². The lowest BCUT2D eigenvalue weighted by atomic mass is 9.89. The maximum Gasteiger partial charge on any atom is -0.0133 e. The van der Waals surface area contributed by atoms with Gasteiger partial charge in [0.05, 0.1) is 0 Å². The highest BCUT2D eigenvalue weighted by molar-refractivity contribution is 5.15. The average molecular weight is 272 g/mol. The van der Waals surface area contributed by atoms with E-state index in [1.165, 1.54) is 57.8 Å². The molecule has 0 aromatic heterocycles. The molecule has 0 bridgehead atoms. The van der Waals surface area contributed by atoms with Gasteiger partial charge in [0.2, 0.25) is 0 Å². The van der Waals surface area contributed by atoms with Crippen molar-refractivity contribution in [1.29, 1.82) is 0 Å². The molecular weight excluding hydrogens is 240 g/mol. The quantitative estimate of drug-likeness (QED) is 0.341. The summed E-state index contributed by atoms with van der Waals surface area (Å²) in [5.41, 5.74) is 0. The van der Waals surface area contributed by atoms with Crippen LogP contribution in [0, 0.1) is 23.7 Å². The largest absolute Gasteiger partial charge is 0.103 e. The van der Waals surface area contributed by atoms with Gasteiger partial charge in [0.15, 0.2) is 0 Å². The van der Waals surface area contributed by atoms with Crippen LogP contribution in [0.4, 0.5) is 0 Å². The molecule has 0 saturated heterocycles. The summed E-state index contributed by atoms with van der Waals surface area (Å²) >= 11 is 0. The van der Waals surface area contributed by atoms with E-state index >= 15 is 0 Å². The van der Waals surface area contributed by atoms with Gasteiger partial charge < -0.3 is 0 Å². The summed E-state index contributed by atoms with van der Waals surface area (Å²) in [6.45, 7) is 6.31. The van der Waals surface area contributed by atoms with Crippen LogP contribution in [0.15, 0.2) is 37.0 Å². The molecule has 4 unspecified atom stereocenters. The molecule has 4 atom stereocenters. The summed E-state index contributed by atoms with van der Waals surface area (Å²) in [6.07, 6.45) is 24.3. The first-order valence-corrected chi connectivity index (χ1v) is 8.82. The monoisotopic (exact) mass is 272 g/mol. The molecule has 0 aromatic rings. The lowest BCUT2D eigenvalue weighted by Crippen LogP contribution is -2.09. The third-order valence-electron chi connectivity index (χ3n) is 5.26. The normalized spacial score (nSPS) is 32.0. The van der Waals surface area contributed by atoms with Gasteiger partial charge in [0.1, 0.15) is 0 Å². The third-order valence-corrected chi connectivity index (χ3v) is 5.26. The highest BCUT2D eigenvalue weighted by Crippen LogP contribution is 2.48. The Morgan fingerprint density at radius 1 is 1.10 bits per heavy atom. The van der Waals surface area contributed by atoms with Crippen LogP contribution in [0.5, 0.6) is 0 Å². The van der Waals surface area contributed by atoms with Crippen molar-refractivity contribution in [3.8, 4) is 0 Å². The fourth-order valence-corrected chi connectivity index (χ4v) is 4.05. The molecule has 1 saturated carbocycles. The number of rotatable bonds is 9. The Morgan fingerprint density at radius 2 is 1.90 bits per heavy atom. The molecule has 0 radical (unpaired) electrons. The minimum atomic E-state index is 0.749. The molecule has 0 aliphatic heterocycles. The second-order valence-corrected chi connectivity index (χ2v) is 6.69. The standard InChI is InChI=1S/C20H32/c1-3-5-6-7-8-9-10-11-13-18-16-17(4-2)19-14-12-15-20(18)19/h4,11-13,15,17-20H,2-3,5-10,14,16H2,1H3. The lowest BCUT2D eigenvalue weighted by molar-refractivity contribution is 0.414. The summed E-state index contributed by atoms with van der Waals surface area (Å²) in [4.78, 5) is 0. The van der Waals surface area contributed by atoms with Crippen LogP contribution < -0.4 is 0 Å². The molecular formula is C20H32. The fourth-order valence-electron chi connectivity index (χ4n) is 4.05. The van der Waals surface area contributed by atoms with Crippen molar-refractivity contribution in [2.45, 2.75) is 64.7 Å². The maximum absolute atomic E-state index is 4.03. The summed E-state index contributed by atoms with van der Waals surface area (Å²) in [6, 6.07) is 0.